The van der Waals surface area contributed by atoms with Crippen molar-refractivity contribution < 1.29 is 6.22 Å². The van der Waals surface area contributed by atoms with Crippen molar-refractivity contribution in [3.63, 3.8) is 0 Å². The lowest BCUT2D eigenvalue weighted by atomic mass is 10.1. The molecule has 0 radical (unpaired) electrons. The van der Waals surface area contributed by atoms with Gasteiger partial charge in [0.15, 0.2) is 5.96 Å². The Hall–Kier alpha value is -2.10. The van der Waals surface area contributed by atoms with Crippen molar-refractivity contribution in [2.45, 2.75) is 34.1 Å². The molecule has 0 aliphatic rings. The van der Waals surface area contributed by atoms with Crippen LogP contribution < -0.4 is 11.5 Å². The Kier molecular flexibility index (Phi) is 12.5. The van der Waals surface area contributed by atoms with Gasteiger partial charge in [-0.25, -0.2) is 0 Å². The molecule has 4 nitrogen and oxygen atoms in total. The van der Waals surface area contributed by atoms with Crippen molar-refractivity contribution in [2.75, 3.05) is 0 Å². The Bertz CT molecular complexity index is 396. The van der Waals surface area contributed by atoms with Gasteiger partial charge >= 0.3 is 0 Å². The van der Waals surface area contributed by atoms with E-state index in [4.69, 9.17) is 11.5 Å². The Morgan fingerprint density at radius 2 is 1.74 bits per heavy atom. The van der Waals surface area contributed by atoms with Crippen molar-refractivity contribution >= 4 is 11.9 Å². The molecule has 0 aliphatic heterocycles. The molecule has 1 aromatic rings. The quantitative estimate of drug-likeness (QED) is 0.489. The molecule has 108 valence electrons. The summed E-state index contributed by atoms with van der Waals surface area (Å²) in [6.45, 7) is 11.3. The number of aryl methyl sites for hydroxylation is 1. The van der Waals surface area contributed by atoms with Crippen LogP contribution in [0, 0.1) is 0 Å². The summed E-state index contributed by atoms with van der Waals surface area (Å²) in [5, 5.41) is 0. The van der Waals surface area contributed by atoms with Crippen LogP contribution in [0.5, 0.6) is 0 Å². The number of hydrogen-bond donors (Lipinski definition) is 2. The standard InChI is InChI=1S/C10H13N3O.C3H6.C2H6.H2/c1-2-7-3-5-8(6-4-7)9(14)13-10(11)12;1-3-2;1-2;/h3-6H,2H2,1H3,(H4,11,12,13,14);3H,1H2,2H3;1-2H3;1H. The number of carbonyl (C=O) groups excluding carboxylic acids is 1. The molecule has 0 heterocycles. The van der Waals surface area contributed by atoms with Crippen molar-refractivity contribution in [3.05, 3.63) is 48.0 Å². The first-order valence-electron chi connectivity index (χ1n) is 6.35. The highest BCUT2D eigenvalue weighted by Gasteiger charge is 2.03. The summed E-state index contributed by atoms with van der Waals surface area (Å²) in [5.74, 6) is -0.623. The van der Waals surface area contributed by atoms with Crippen LogP contribution in [-0.4, -0.2) is 11.9 Å². The molecule has 19 heavy (non-hydrogen) atoms. The van der Waals surface area contributed by atoms with Crippen LogP contribution >= 0.6 is 0 Å². The summed E-state index contributed by atoms with van der Waals surface area (Å²) < 4.78 is 0. The Balaban J connectivity index is -0.000000426. The van der Waals surface area contributed by atoms with Crippen LogP contribution in [0.15, 0.2) is 41.9 Å². The molecule has 0 aliphatic carbocycles. The fourth-order valence-electron chi connectivity index (χ4n) is 1.06. The summed E-state index contributed by atoms with van der Waals surface area (Å²) in [7, 11) is 0. The molecule has 0 bridgehead atoms. The zero-order chi connectivity index (χ0) is 15.3. The Morgan fingerprint density at radius 3 is 2.05 bits per heavy atom. The van der Waals surface area contributed by atoms with E-state index >= 15 is 0 Å². The maximum Gasteiger partial charge on any atom is 0.280 e. The molecule has 0 fully saturated rings. The number of nitrogens with zero attached hydrogens (tertiary/aromatic N) is 1. The van der Waals surface area contributed by atoms with Gasteiger partial charge in [0, 0.05) is 6.99 Å². The average Bonchev–Trinajstić information content (AvgIpc) is 2.41. The number of benzene rings is 1. The van der Waals surface area contributed by atoms with Gasteiger partial charge in [0.25, 0.3) is 5.91 Å². The second-order valence-corrected chi connectivity index (χ2v) is 3.30. The maximum absolute atomic E-state index is 11.3. The van der Waals surface area contributed by atoms with Crippen LogP contribution in [0.2, 0.25) is 0 Å². The van der Waals surface area contributed by atoms with E-state index in [0.717, 1.165) is 6.42 Å². The normalized spacial score (nSPS) is 8.00. The van der Waals surface area contributed by atoms with Gasteiger partial charge in [0.2, 0.25) is 0 Å². The van der Waals surface area contributed by atoms with Crippen LogP contribution in [0.4, 0.5) is 0 Å². The van der Waals surface area contributed by atoms with E-state index in [0.29, 0.717) is 5.56 Å². The van der Waals surface area contributed by atoms with E-state index in [9.17, 15) is 4.79 Å². The smallest absolute Gasteiger partial charge is 0.280 e. The number of allylic oxidation sites excluding steroid dienone is 1. The van der Waals surface area contributed by atoms with Gasteiger partial charge in [-0.3, -0.25) is 4.79 Å². The summed E-state index contributed by atoms with van der Waals surface area (Å²) in [5.41, 5.74) is 11.9. The van der Waals surface area contributed by atoms with Crippen LogP contribution in [0.3, 0.4) is 0 Å². The third kappa shape index (κ3) is 9.59. The fraction of sp³-hybridized carbons (Fsp3) is 0.333. The van der Waals surface area contributed by atoms with Gasteiger partial charge in [0.05, 0.1) is 0 Å². The molecule has 0 atom stereocenters. The predicted octanol–water partition coefficient (Wildman–Crippen LogP) is 3.13. The van der Waals surface area contributed by atoms with Gasteiger partial charge in [-0.15, -0.1) is 6.58 Å². The summed E-state index contributed by atoms with van der Waals surface area (Å²) >= 11 is 0. The minimum absolute atomic E-state index is 0. The second kappa shape index (κ2) is 12.4. The van der Waals surface area contributed by atoms with E-state index in [1.54, 1.807) is 18.2 Å². The maximum atomic E-state index is 11.3. The molecule has 1 rings (SSSR count). The number of carbonyl (C=O) groups is 1. The van der Waals surface area contributed by atoms with E-state index in [1.165, 1.54) is 5.56 Å². The van der Waals surface area contributed by atoms with Gasteiger partial charge in [-0.1, -0.05) is 39.0 Å². The van der Waals surface area contributed by atoms with Crippen LogP contribution in [0.1, 0.15) is 45.0 Å². The third-order valence-corrected chi connectivity index (χ3v) is 1.84. The number of guanidine groups is 1. The zero-order valence-electron chi connectivity index (χ0n) is 12.3. The zero-order valence-corrected chi connectivity index (χ0v) is 12.3. The molecule has 1 aromatic carbocycles. The highest BCUT2D eigenvalue weighted by Crippen LogP contribution is 2.06. The molecular formula is C15H27N3O. The first kappa shape index (κ1) is 19.2. The first-order valence-corrected chi connectivity index (χ1v) is 6.35. The second-order valence-electron chi connectivity index (χ2n) is 3.30. The molecule has 0 saturated heterocycles. The highest BCUT2D eigenvalue weighted by atomic mass is 16.1. The number of aliphatic imine (C=N–C) groups is 1. The monoisotopic (exact) mass is 265 g/mol. The molecule has 4 heteroatoms. The Morgan fingerprint density at radius 1 is 1.32 bits per heavy atom. The number of nitrogens with two attached hydrogens (primary N) is 2. The minimum Gasteiger partial charge on any atom is -0.370 e. The average molecular weight is 265 g/mol. The highest BCUT2D eigenvalue weighted by molar-refractivity contribution is 6.01. The molecule has 0 aromatic heterocycles. The van der Waals surface area contributed by atoms with Crippen molar-refractivity contribution in [1.82, 2.24) is 0 Å². The SMILES string of the molecule is C=CC.CC.CCc1ccc(C(=O)N=C(N)N)cc1.[HH]. The third-order valence-electron chi connectivity index (χ3n) is 1.84. The molecular weight excluding hydrogens is 238 g/mol. The number of amides is 1. The summed E-state index contributed by atoms with van der Waals surface area (Å²) in [6, 6.07) is 7.20. The molecule has 0 unspecified atom stereocenters. The van der Waals surface area contributed by atoms with E-state index in [2.05, 4.69) is 11.6 Å². The van der Waals surface area contributed by atoms with Crippen molar-refractivity contribution in [1.29, 1.82) is 0 Å². The Labute approximate surface area is 117 Å². The van der Waals surface area contributed by atoms with Gasteiger partial charge in [-0.05, 0) is 31.0 Å². The minimum atomic E-state index is -0.410. The molecule has 0 spiro atoms. The predicted molar refractivity (Wildman–Crippen MR) is 85.3 cm³/mol. The topological polar surface area (TPSA) is 81.5 Å². The molecule has 1 amide bonds. The fourth-order valence-corrected chi connectivity index (χ4v) is 1.06. The lowest BCUT2D eigenvalue weighted by Gasteiger charge is -1.98. The van der Waals surface area contributed by atoms with E-state index < -0.39 is 5.91 Å². The van der Waals surface area contributed by atoms with Crippen molar-refractivity contribution in [2.24, 2.45) is 16.5 Å². The van der Waals surface area contributed by atoms with E-state index in [1.807, 2.05) is 39.8 Å². The van der Waals surface area contributed by atoms with Crippen LogP contribution in [-0.2, 0) is 6.42 Å². The number of rotatable bonds is 2. The largest absolute Gasteiger partial charge is 0.370 e. The number of hydrogen-bond acceptors (Lipinski definition) is 1. The lowest BCUT2D eigenvalue weighted by molar-refractivity contribution is 0.100. The molecule has 4 N–H and O–H groups in total. The lowest BCUT2D eigenvalue weighted by Crippen LogP contribution is -2.24. The summed E-state index contributed by atoms with van der Waals surface area (Å²) in [4.78, 5) is 14.7. The van der Waals surface area contributed by atoms with Gasteiger partial charge < -0.3 is 11.5 Å². The molecule has 0 saturated carbocycles. The van der Waals surface area contributed by atoms with Gasteiger partial charge in [0.1, 0.15) is 0 Å². The van der Waals surface area contributed by atoms with E-state index in [-0.39, 0.29) is 7.39 Å². The van der Waals surface area contributed by atoms with Gasteiger partial charge in [-0.2, -0.15) is 4.99 Å². The first-order chi connectivity index (χ1) is 9.04. The summed E-state index contributed by atoms with van der Waals surface area (Å²) in [6.07, 6.45) is 2.69. The van der Waals surface area contributed by atoms with Crippen molar-refractivity contribution in [3.8, 4) is 0 Å². The van der Waals surface area contributed by atoms with Crippen LogP contribution in [0.25, 0.3) is 0 Å².